The molecule has 244 valence electrons. The maximum Gasteiger partial charge on any atom is 0.164 e. The minimum absolute atomic E-state index is 0.637. The monoisotopic (exact) mass is 664 g/mol. The number of benzene rings is 7. The van der Waals surface area contributed by atoms with Gasteiger partial charge in [-0.15, -0.1) is 0 Å². The Bertz CT molecular complexity index is 2530. The van der Waals surface area contributed by atoms with Gasteiger partial charge in [-0.2, -0.15) is 0 Å². The predicted octanol–water partition coefficient (Wildman–Crippen LogP) is 12.1. The average molecular weight is 665 g/mol. The number of rotatable bonds is 7. The van der Waals surface area contributed by atoms with Crippen molar-refractivity contribution < 1.29 is 0 Å². The highest BCUT2D eigenvalue weighted by molar-refractivity contribution is 5.99. The maximum atomic E-state index is 5.14. The van der Waals surface area contributed by atoms with Gasteiger partial charge in [0.1, 0.15) is 0 Å². The van der Waals surface area contributed by atoms with Crippen molar-refractivity contribution >= 4 is 10.8 Å². The zero-order valence-electron chi connectivity index (χ0n) is 28.3. The van der Waals surface area contributed by atoms with E-state index in [-0.39, 0.29) is 0 Å². The van der Waals surface area contributed by atoms with E-state index < -0.39 is 0 Å². The first-order valence-electron chi connectivity index (χ1n) is 17.4. The van der Waals surface area contributed by atoms with Gasteiger partial charge < -0.3 is 0 Å². The van der Waals surface area contributed by atoms with Crippen LogP contribution in [0.4, 0.5) is 0 Å². The summed E-state index contributed by atoms with van der Waals surface area (Å²) in [7, 11) is 0. The van der Waals surface area contributed by atoms with Gasteiger partial charge in [-0.25, -0.2) is 19.9 Å². The molecule has 0 bridgehead atoms. The lowest BCUT2D eigenvalue weighted by Crippen LogP contribution is -2.00. The molecule has 2 heterocycles. The van der Waals surface area contributed by atoms with E-state index in [0.717, 1.165) is 72.2 Å². The lowest BCUT2D eigenvalue weighted by atomic mass is 9.95. The molecular formula is C48H32N4. The third-order valence-electron chi connectivity index (χ3n) is 9.32. The van der Waals surface area contributed by atoms with Gasteiger partial charge in [-0.1, -0.05) is 170 Å². The van der Waals surface area contributed by atoms with Gasteiger partial charge in [0, 0.05) is 27.8 Å². The van der Waals surface area contributed by atoms with Gasteiger partial charge in [0.2, 0.25) is 0 Å². The maximum absolute atomic E-state index is 5.14. The Labute approximate surface area is 302 Å². The summed E-state index contributed by atoms with van der Waals surface area (Å²) in [6.45, 7) is 0. The molecule has 52 heavy (non-hydrogen) atoms. The largest absolute Gasteiger partial charge is 0.248 e. The third-order valence-corrected chi connectivity index (χ3v) is 9.32. The number of nitrogens with zero attached hydrogens (tertiary/aromatic N) is 4. The van der Waals surface area contributed by atoms with Crippen LogP contribution in [-0.2, 0) is 0 Å². The van der Waals surface area contributed by atoms with Crippen LogP contribution in [-0.4, -0.2) is 19.9 Å². The van der Waals surface area contributed by atoms with Crippen molar-refractivity contribution in [3.8, 4) is 78.9 Å². The molecule has 4 nitrogen and oxygen atoms in total. The van der Waals surface area contributed by atoms with Crippen molar-refractivity contribution in [3.63, 3.8) is 0 Å². The van der Waals surface area contributed by atoms with E-state index in [0.29, 0.717) is 17.5 Å². The van der Waals surface area contributed by atoms with Gasteiger partial charge >= 0.3 is 0 Å². The molecule has 9 rings (SSSR count). The number of aromatic nitrogens is 4. The standard InChI is InChI=1S/C48H32N4/c1-5-15-33(16-6-1)41-31-44(35-17-7-2-8-18-35)49-45(32-41)36-27-25-34(26-28-36)40-29-39-23-13-14-24-42(39)43(30-40)48-51-46(37-19-9-3-10-20-37)50-47(52-48)38-21-11-4-12-22-38/h1-32H. The van der Waals surface area contributed by atoms with Crippen LogP contribution in [0.2, 0.25) is 0 Å². The first-order chi connectivity index (χ1) is 25.7. The Balaban J connectivity index is 1.15. The summed E-state index contributed by atoms with van der Waals surface area (Å²) in [5, 5.41) is 2.20. The Morgan fingerprint density at radius 2 is 0.654 bits per heavy atom. The second kappa shape index (κ2) is 13.7. The van der Waals surface area contributed by atoms with Crippen LogP contribution in [0.3, 0.4) is 0 Å². The van der Waals surface area contributed by atoms with Crippen LogP contribution in [0.25, 0.3) is 89.7 Å². The molecule has 0 saturated heterocycles. The topological polar surface area (TPSA) is 51.6 Å². The fourth-order valence-electron chi connectivity index (χ4n) is 6.66. The molecule has 2 aromatic heterocycles. The lowest BCUT2D eigenvalue weighted by Gasteiger charge is -2.13. The molecule has 0 unspecified atom stereocenters. The molecule has 0 saturated carbocycles. The molecule has 4 heteroatoms. The Kier molecular flexibility index (Phi) is 8.16. The van der Waals surface area contributed by atoms with Gasteiger partial charge in [0.25, 0.3) is 0 Å². The van der Waals surface area contributed by atoms with Crippen LogP contribution in [0.5, 0.6) is 0 Å². The van der Waals surface area contributed by atoms with E-state index in [1.165, 1.54) is 0 Å². The summed E-state index contributed by atoms with van der Waals surface area (Å²) in [4.78, 5) is 20.2. The summed E-state index contributed by atoms with van der Waals surface area (Å²) < 4.78 is 0. The van der Waals surface area contributed by atoms with Gasteiger partial charge in [0.15, 0.2) is 17.5 Å². The minimum atomic E-state index is 0.637. The van der Waals surface area contributed by atoms with E-state index >= 15 is 0 Å². The second-order valence-corrected chi connectivity index (χ2v) is 12.7. The van der Waals surface area contributed by atoms with Crippen molar-refractivity contribution in [2.24, 2.45) is 0 Å². The first kappa shape index (κ1) is 31.0. The molecule has 0 N–H and O–H groups in total. The Hall–Kier alpha value is -7.04. The van der Waals surface area contributed by atoms with Crippen molar-refractivity contribution in [2.45, 2.75) is 0 Å². The van der Waals surface area contributed by atoms with Crippen molar-refractivity contribution in [1.82, 2.24) is 19.9 Å². The molecule has 9 aromatic rings. The lowest BCUT2D eigenvalue weighted by molar-refractivity contribution is 1.08. The summed E-state index contributed by atoms with van der Waals surface area (Å²) in [6, 6.07) is 67.0. The summed E-state index contributed by atoms with van der Waals surface area (Å²) in [5.74, 6) is 1.92. The fraction of sp³-hybridized carbons (Fsp3) is 0. The number of hydrogen-bond acceptors (Lipinski definition) is 4. The molecular weight excluding hydrogens is 633 g/mol. The van der Waals surface area contributed by atoms with Gasteiger partial charge in [-0.3, -0.25) is 0 Å². The third kappa shape index (κ3) is 6.26. The SMILES string of the molecule is c1ccc(-c2cc(-c3ccccc3)nc(-c3ccc(-c4cc(-c5nc(-c6ccccc6)nc(-c6ccccc6)n5)c5ccccc5c4)cc3)c2)cc1. The van der Waals surface area contributed by atoms with Crippen LogP contribution in [0.15, 0.2) is 194 Å². The molecule has 7 aromatic carbocycles. The van der Waals surface area contributed by atoms with Crippen molar-refractivity contribution in [3.05, 3.63) is 194 Å². The number of fused-ring (bicyclic) bond motifs is 1. The first-order valence-corrected chi connectivity index (χ1v) is 17.4. The van der Waals surface area contributed by atoms with E-state index in [1.807, 2.05) is 72.8 Å². The zero-order valence-corrected chi connectivity index (χ0v) is 28.3. The van der Waals surface area contributed by atoms with Crippen LogP contribution < -0.4 is 0 Å². The molecule has 0 aliphatic rings. The van der Waals surface area contributed by atoms with Crippen LogP contribution in [0, 0.1) is 0 Å². The van der Waals surface area contributed by atoms with Gasteiger partial charge in [-0.05, 0) is 57.3 Å². The quantitative estimate of drug-likeness (QED) is 0.170. The Morgan fingerprint density at radius 1 is 0.250 bits per heavy atom. The van der Waals surface area contributed by atoms with Crippen LogP contribution >= 0.6 is 0 Å². The molecule has 0 amide bonds. The number of pyridine rings is 1. The predicted molar refractivity (Wildman–Crippen MR) is 213 cm³/mol. The molecule has 0 aliphatic heterocycles. The highest BCUT2D eigenvalue weighted by Gasteiger charge is 2.16. The highest BCUT2D eigenvalue weighted by atomic mass is 15.0. The molecule has 0 fully saturated rings. The smallest absolute Gasteiger partial charge is 0.164 e. The highest BCUT2D eigenvalue weighted by Crippen LogP contribution is 2.36. The Morgan fingerprint density at radius 3 is 1.23 bits per heavy atom. The summed E-state index contributed by atoms with van der Waals surface area (Å²) >= 11 is 0. The molecule has 0 aliphatic carbocycles. The van der Waals surface area contributed by atoms with Crippen molar-refractivity contribution in [1.29, 1.82) is 0 Å². The minimum Gasteiger partial charge on any atom is -0.248 e. The van der Waals surface area contributed by atoms with E-state index in [4.69, 9.17) is 19.9 Å². The van der Waals surface area contributed by atoms with E-state index in [1.54, 1.807) is 0 Å². The fourth-order valence-corrected chi connectivity index (χ4v) is 6.66. The zero-order chi connectivity index (χ0) is 34.7. The van der Waals surface area contributed by atoms with Gasteiger partial charge in [0.05, 0.1) is 11.4 Å². The number of hydrogen-bond donors (Lipinski definition) is 0. The van der Waals surface area contributed by atoms with E-state index in [2.05, 4.69) is 121 Å². The summed E-state index contributed by atoms with van der Waals surface area (Å²) in [6.07, 6.45) is 0. The summed E-state index contributed by atoms with van der Waals surface area (Å²) in [5.41, 5.74) is 11.3. The second-order valence-electron chi connectivity index (χ2n) is 12.7. The van der Waals surface area contributed by atoms with Crippen molar-refractivity contribution in [2.75, 3.05) is 0 Å². The molecule has 0 radical (unpaired) electrons. The van der Waals surface area contributed by atoms with Crippen LogP contribution in [0.1, 0.15) is 0 Å². The molecule has 0 atom stereocenters. The van der Waals surface area contributed by atoms with E-state index in [9.17, 15) is 0 Å². The average Bonchev–Trinajstić information content (AvgIpc) is 3.24. The molecule has 0 spiro atoms. The normalized spacial score (nSPS) is 11.1.